The molecule has 0 radical (unpaired) electrons. The summed E-state index contributed by atoms with van der Waals surface area (Å²) in [6, 6.07) is 30.3. The molecule has 0 bridgehead atoms. The van der Waals surface area contributed by atoms with E-state index < -0.39 is 12.2 Å². The standard InChI is InChI=1S/C32H28O6/c33-17-25-13-7-15-27-31(25)32-26(18-34)14-8-16-28(32)38-30(22-36-20-24-11-5-2-6-12-24)29(37-27)21-35-19-23-9-3-1-4-10-23/h1-18,29-30H,19-22H2/t29-,30-/m1/s1. The first kappa shape index (κ1) is 25.4. The molecule has 38 heavy (non-hydrogen) atoms. The smallest absolute Gasteiger partial charge is 0.161 e. The third-order valence-corrected chi connectivity index (χ3v) is 6.38. The van der Waals surface area contributed by atoms with Gasteiger partial charge in [0, 0.05) is 22.3 Å². The largest absolute Gasteiger partial charge is 0.483 e. The van der Waals surface area contributed by atoms with Crippen molar-refractivity contribution in [2.45, 2.75) is 25.4 Å². The fourth-order valence-corrected chi connectivity index (χ4v) is 4.52. The lowest BCUT2D eigenvalue weighted by Gasteiger charge is -2.33. The Bertz CT molecular complexity index is 1260. The molecule has 6 heteroatoms. The molecular weight excluding hydrogens is 480 g/mol. The van der Waals surface area contributed by atoms with Crippen LogP contribution in [0, 0.1) is 0 Å². The highest BCUT2D eigenvalue weighted by molar-refractivity contribution is 5.99. The van der Waals surface area contributed by atoms with E-state index in [1.807, 2.05) is 60.7 Å². The number of fused-ring (bicyclic) bond motifs is 3. The summed E-state index contributed by atoms with van der Waals surface area (Å²) in [6.45, 7) is 1.26. The normalized spacial score (nSPS) is 16.1. The van der Waals surface area contributed by atoms with Gasteiger partial charge >= 0.3 is 0 Å². The summed E-state index contributed by atoms with van der Waals surface area (Å²) in [7, 11) is 0. The SMILES string of the molecule is O=Cc1cccc2c1-c1c(C=O)cccc1O[C@H](COCc1ccccc1)[C@@H](COCc1ccccc1)O2. The maximum Gasteiger partial charge on any atom is 0.161 e. The van der Waals surface area contributed by atoms with Gasteiger partial charge in [0.1, 0.15) is 11.5 Å². The molecule has 0 saturated heterocycles. The molecular formula is C32H28O6. The van der Waals surface area contributed by atoms with Crippen molar-refractivity contribution in [2.75, 3.05) is 13.2 Å². The van der Waals surface area contributed by atoms with Crippen LogP contribution < -0.4 is 9.47 Å². The third-order valence-electron chi connectivity index (χ3n) is 6.38. The van der Waals surface area contributed by atoms with Gasteiger partial charge in [0.25, 0.3) is 0 Å². The predicted molar refractivity (Wildman–Crippen MR) is 144 cm³/mol. The lowest BCUT2D eigenvalue weighted by molar-refractivity contribution is -0.0552. The fourth-order valence-electron chi connectivity index (χ4n) is 4.52. The number of hydrogen-bond donors (Lipinski definition) is 0. The van der Waals surface area contributed by atoms with Crippen LogP contribution in [0.3, 0.4) is 0 Å². The Morgan fingerprint density at radius 3 is 1.37 bits per heavy atom. The molecule has 0 fully saturated rings. The van der Waals surface area contributed by atoms with E-state index in [0.29, 0.717) is 47.0 Å². The number of carbonyl (C=O) groups excluding carboxylic acids is 2. The molecule has 0 unspecified atom stereocenters. The Balaban J connectivity index is 1.47. The first-order valence-corrected chi connectivity index (χ1v) is 12.5. The Hall–Kier alpha value is -4.26. The zero-order chi connectivity index (χ0) is 26.2. The van der Waals surface area contributed by atoms with Crippen LogP contribution in [0.15, 0.2) is 97.1 Å². The van der Waals surface area contributed by atoms with Crippen molar-refractivity contribution in [1.82, 2.24) is 0 Å². The summed E-state index contributed by atoms with van der Waals surface area (Å²) in [5.41, 5.74) is 3.95. The number of carbonyl (C=O) groups is 2. The van der Waals surface area contributed by atoms with Gasteiger partial charge in [0.2, 0.25) is 0 Å². The predicted octanol–water partition coefficient (Wildman–Crippen LogP) is 5.92. The molecule has 4 aromatic rings. The quantitative estimate of drug-likeness (QED) is 0.248. The van der Waals surface area contributed by atoms with Crippen molar-refractivity contribution in [3.63, 3.8) is 0 Å². The molecule has 5 rings (SSSR count). The second-order valence-corrected chi connectivity index (χ2v) is 8.99. The molecule has 1 heterocycles. The van der Waals surface area contributed by atoms with E-state index in [1.165, 1.54) is 0 Å². The van der Waals surface area contributed by atoms with E-state index in [9.17, 15) is 9.59 Å². The number of aldehydes is 2. The van der Waals surface area contributed by atoms with Gasteiger partial charge in [-0.25, -0.2) is 0 Å². The molecule has 1 aliphatic rings. The molecule has 2 atom stereocenters. The van der Waals surface area contributed by atoms with Crippen molar-refractivity contribution >= 4 is 12.6 Å². The van der Waals surface area contributed by atoms with Gasteiger partial charge < -0.3 is 18.9 Å². The van der Waals surface area contributed by atoms with E-state index in [0.717, 1.165) is 23.7 Å². The average molecular weight is 509 g/mol. The molecule has 6 nitrogen and oxygen atoms in total. The van der Waals surface area contributed by atoms with Crippen LogP contribution in [0.2, 0.25) is 0 Å². The minimum absolute atomic E-state index is 0.224. The first-order chi connectivity index (χ1) is 18.8. The monoisotopic (exact) mass is 508 g/mol. The van der Waals surface area contributed by atoms with Crippen LogP contribution in [0.5, 0.6) is 11.5 Å². The third kappa shape index (κ3) is 5.83. The zero-order valence-corrected chi connectivity index (χ0v) is 20.8. The van der Waals surface area contributed by atoms with E-state index in [2.05, 4.69) is 0 Å². The summed E-state index contributed by atoms with van der Waals surface area (Å²) in [5.74, 6) is 0.963. The van der Waals surface area contributed by atoms with E-state index >= 15 is 0 Å². The van der Waals surface area contributed by atoms with Gasteiger partial charge in [-0.1, -0.05) is 84.9 Å². The zero-order valence-electron chi connectivity index (χ0n) is 20.8. The lowest BCUT2D eigenvalue weighted by Crippen LogP contribution is -2.44. The van der Waals surface area contributed by atoms with Gasteiger partial charge in [-0.15, -0.1) is 0 Å². The Labute approximate surface area is 221 Å². The van der Waals surface area contributed by atoms with Gasteiger partial charge in [0.15, 0.2) is 24.8 Å². The maximum atomic E-state index is 12.0. The van der Waals surface area contributed by atoms with Crippen LogP contribution >= 0.6 is 0 Å². The van der Waals surface area contributed by atoms with Crippen molar-refractivity contribution < 1.29 is 28.5 Å². The van der Waals surface area contributed by atoms with Crippen LogP contribution in [0.25, 0.3) is 11.1 Å². The van der Waals surface area contributed by atoms with Gasteiger partial charge in [-0.05, 0) is 23.3 Å². The molecule has 0 saturated carbocycles. The van der Waals surface area contributed by atoms with E-state index in [4.69, 9.17) is 18.9 Å². The topological polar surface area (TPSA) is 71.1 Å². The van der Waals surface area contributed by atoms with E-state index in [-0.39, 0.29) is 13.2 Å². The van der Waals surface area contributed by atoms with Gasteiger partial charge in [-0.3, -0.25) is 9.59 Å². The minimum Gasteiger partial charge on any atom is -0.483 e. The summed E-state index contributed by atoms with van der Waals surface area (Å²) in [5, 5.41) is 0. The number of hydrogen-bond acceptors (Lipinski definition) is 6. The molecule has 0 aliphatic carbocycles. The average Bonchev–Trinajstić information content (AvgIpc) is 2.96. The second kappa shape index (κ2) is 12.3. The highest BCUT2D eigenvalue weighted by Gasteiger charge is 2.32. The molecule has 4 aromatic carbocycles. The second-order valence-electron chi connectivity index (χ2n) is 8.99. The van der Waals surface area contributed by atoms with Crippen molar-refractivity contribution in [1.29, 1.82) is 0 Å². The van der Waals surface area contributed by atoms with Crippen LogP contribution in [-0.2, 0) is 22.7 Å². The molecule has 0 aromatic heterocycles. The Morgan fingerprint density at radius 1 is 0.553 bits per heavy atom. The fraction of sp³-hybridized carbons (Fsp3) is 0.188. The summed E-state index contributed by atoms with van der Waals surface area (Å²) in [4.78, 5) is 24.0. The maximum absolute atomic E-state index is 12.0. The van der Waals surface area contributed by atoms with Gasteiger partial charge in [0.05, 0.1) is 26.4 Å². The van der Waals surface area contributed by atoms with Crippen LogP contribution in [0.4, 0.5) is 0 Å². The first-order valence-electron chi connectivity index (χ1n) is 12.5. The van der Waals surface area contributed by atoms with Crippen molar-refractivity contribution in [2.24, 2.45) is 0 Å². The lowest BCUT2D eigenvalue weighted by atomic mass is 9.93. The summed E-state index contributed by atoms with van der Waals surface area (Å²) >= 11 is 0. The van der Waals surface area contributed by atoms with E-state index in [1.54, 1.807) is 36.4 Å². The number of ether oxygens (including phenoxy) is 4. The molecule has 0 N–H and O–H groups in total. The van der Waals surface area contributed by atoms with Crippen molar-refractivity contribution in [3.8, 4) is 22.6 Å². The highest BCUT2D eigenvalue weighted by atomic mass is 16.6. The highest BCUT2D eigenvalue weighted by Crippen LogP contribution is 2.43. The number of rotatable bonds is 10. The molecule has 0 spiro atoms. The summed E-state index contributed by atoms with van der Waals surface area (Å²) in [6.07, 6.45) is 0.416. The summed E-state index contributed by atoms with van der Waals surface area (Å²) < 4.78 is 25.1. The molecule has 1 aliphatic heterocycles. The molecule has 192 valence electrons. The Kier molecular flexibility index (Phi) is 8.23. The number of benzene rings is 4. The minimum atomic E-state index is -0.553. The van der Waals surface area contributed by atoms with Crippen LogP contribution in [-0.4, -0.2) is 38.0 Å². The van der Waals surface area contributed by atoms with Crippen LogP contribution in [0.1, 0.15) is 31.8 Å². The van der Waals surface area contributed by atoms with Crippen molar-refractivity contribution in [3.05, 3.63) is 119 Å². The molecule has 0 amide bonds. The van der Waals surface area contributed by atoms with Gasteiger partial charge in [-0.2, -0.15) is 0 Å². The Morgan fingerprint density at radius 2 is 0.974 bits per heavy atom.